The lowest BCUT2D eigenvalue weighted by molar-refractivity contribution is 1.47. The number of rotatable bonds is 2. The quantitative estimate of drug-likeness (QED) is 0.858. The summed E-state index contributed by atoms with van der Waals surface area (Å²) in [5.41, 5.74) is 2.21. The molecule has 0 bridgehead atoms. The Labute approximate surface area is 109 Å². The largest absolute Gasteiger partial charge is 0.355 e. The number of hydrogen-bond acceptors (Lipinski definition) is 2. The predicted molar refractivity (Wildman–Crippen MR) is 70.9 cm³/mol. The van der Waals surface area contributed by atoms with E-state index < -0.39 is 0 Å². The number of nitriles is 1. The number of anilines is 2. The summed E-state index contributed by atoms with van der Waals surface area (Å²) in [5.74, 6) is 0. The van der Waals surface area contributed by atoms with Gasteiger partial charge in [-0.05, 0) is 42.5 Å². The van der Waals surface area contributed by atoms with Crippen LogP contribution >= 0.6 is 23.2 Å². The summed E-state index contributed by atoms with van der Waals surface area (Å²) in [7, 11) is 0. The van der Waals surface area contributed by atoms with Crippen molar-refractivity contribution in [2.45, 2.75) is 0 Å². The lowest BCUT2D eigenvalue weighted by atomic mass is 10.2. The van der Waals surface area contributed by atoms with Crippen molar-refractivity contribution < 1.29 is 0 Å². The highest BCUT2D eigenvalue weighted by molar-refractivity contribution is 6.32. The maximum atomic E-state index is 8.76. The summed E-state index contributed by atoms with van der Waals surface area (Å²) in [4.78, 5) is 0. The fraction of sp³-hybridized carbons (Fsp3) is 0. The van der Waals surface area contributed by atoms with Gasteiger partial charge < -0.3 is 5.32 Å². The average molecular weight is 263 g/mol. The first-order chi connectivity index (χ1) is 8.19. The van der Waals surface area contributed by atoms with E-state index in [1.54, 1.807) is 30.3 Å². The zero-order valence-electron chi connectivity index (χ0n) is 8.74. The van der Waals surface area contributed by atoms with Crippen LogP contribution in [-0.4, -0.2) is 0 Å². The number of nitrogens with one attached hydrogen (secondary N) is 1. The first-order valence-corrected chi connectivity index (χ1v) is 5.67. The fourth-order valence-electron chi connectivity index (χ4n) is 1.38. The SMILES string of the molecule is N#Cc1ccc(Nc2ccc(Cl)cc2)cc1Cl. The van der Waals surface area contributed by atoms with Gasteiger partial charge >= 0.3 is 0 Å². The molecular formula is C13H8Cl2N2. The molecule has 0 aliphatic rings. The Morgan fingerprint density at radius 2 is 1.59 bits per heavy atom. The van der Waals surface area contributed by atoms with Crippen LogP contribution in [0.5, 0.6) is 0 Å². The van der Waals surface area contributed by atoms with Crippen molar-refractivity contribution in [3.63, 3.8) is 0 Å². The third-order valence-corrected chi connectivity index (χ3v) is 2.79. The van der Waals surface area contributed by atoms with Crippen molar-refractivity contribution in [3.05, 3.63) is 58.1 Å². The summed E-state index contributed by atoms with van der Waals surface area (Å²) in [5, 5.41) is 13.1. The molecule has 0 radical (unpaired) electrons. The lowest BCUT2D eigenvalue weighted by Gasteiger charge is -2.07. The van der Waals surface area contributed by atoms with Crippen LogP contribution in [0.3, 0.4) is 0 Å². The van der Waals surface area contributed by atoms with Crippen LogP contribution in [0.1, 0.15) is 5.56 Å². The minimum Gasteiger partial charge on any atom is -0.355 e. The average Bonchev–Trinajstić information content (AvgIpc) is 2.32. The van der Waals surface area contributed by atoms with Gasteiger partial charge in [-0.1, -0.05) is 23.2 Å². The van der Waals surface area contributed by atoms with Gasteiger partial charge in [0, 0.05) is 16.4 Å². The standard InChI is InChI=1S/C13H8Cl2N2/c14-10-2-5-11(6-3-10)17-12-4-1-9(8-16)13(15)7-12/h1-7,17H. The van der Waals surface area contributed by atoms with Gasteiger partial charge in [0.2, 0.25) is 0 Å². The van der Waals surface area contributed by atoms with Crippen molar-refractivity contribution in [1.29, 1.82) is 5.26 Å². The zero-order valence-corrected chi connectivity index (χ0v) is 10.3. The van der Waals surface area contributed by atoms with Gasteiger partial charge in [-0.2, -0.15) is 5.26 Å². The molecular weight excluding hydrogens is 255 g/mol. The van der Waals surface area contributed by atoms with Gasteiger partial charge in [0.15, 0.2) is 0 Å². The van der Waals surface area contributed by atoms with Gasteiger partial charge in [0.1, 0.15) is 6.07 Å². The molecule has 0 aliphatic heterocycles. The smallest absolute Gasteiger partial charge is 0.101 e. The molecule has 0 amide bonds. The van der Waals surface area contributed by atoms with Crippen LogP contribution in [0.15, 0.2) is 42.5 Å². The van der Waals surface area contributed by atoms with E-state index in [1.807, 2.05) is 18.2 Å². The molecule has 2 rings (SSSR count). The molecule has 2 aromatic carbocycles. The molecule has 0 aliphatic carbocycles. The zero-order chi connectivity index (χ0) is 12.3. The van der Waals surface area contributed by atoms with Crippen molar-refractivity contribution in [3.8, 4) is 6.07 Å². The number of hydrogen-bond donors (Lipinski definition) is 1. The number of benzene rings is 2. The molecule has 84 valence electrons. The van der Waals surface area contributed by atoms with E-state index in [9.17, 15) is 0 Å². The van der Waals surface area contributed by atoms with Gasteiger partial charge in [-0.3, -0.25) is 0 Å². The molecule has 17 heavy (non-hydrogen) atoms. The molecule has 0 heterocycles. The van der Waals surface area contributed by atoms with Crippen molar-refractivity contribution in [1.82, 2.24) is 0 Å². The van der Waals surface area contributed by atoms with Gasteiger partial charge in [-0.15, -0.1) is 0 Å². The molecule has 4 heteroatoms. The second kappa shape index (κ2) is 5.09. The topological polar surface area (TPSA) is 35.8 Å². The Morgan fingerprint density at radius 3 is 2.18 bits per heavy atom. The molecule has 0 aromatic heterocycles. The highest BCUT2D eigenvalue weighted by Gasteiger charge is 2.01. The van der Waals surface area contributed by atoms with E-state index >= 15 is 0 Å². The van der Waals surface area contributed by atoms with Crippen molar-refractivity contribution >= 4 is 34.6 Å². The molecule has 0 unspecified atom stereocenters. The normalized spacial score (nSPS) is 9.71. The minimum absolute atomic E-state index is 0.437. The minimum atomic E-state index is 0.437. The van der Waals surface area contributed by atoms with Crippen LogP contribution in [0.25, 0.3) is 0 Å². The molecule has 0 spiro atoms. The van der Waals surface area contributed by atoms with Crippen LogP contribution in [-0.2, 0) is 0 Å². The molecule has 2 aromatic rings. The predicted octanol–water partition coefficient (Wildman–Crippen LogP) is 4.61. The van der Waals surface area contributed by atoms with Crippen LogP contribution < -0.4 is 5.32 Å². The van der Waals surface area contributed by atoms with E-state index in [-0.39, 0.29) is 0 Å². The maximum Gasteiger partial charge on any atom is 0.101 e. The van der Waals surface area contributed by atoms with Crippen LogP contribution in [0.2, 0.25) is 10.0 Å². The Hall–Kier alpha value is -1.69. The van der Waals surface area contributed by atoms with Gasteiger partial charge in [0.05, 0.1) is 10.6 Å². The van der Waals surface area contributed by atoms with E-state index in [1.165, 1.54) is 0 Å². The third kappa shape index (κ3) is 2.91. The molecule has 2 nitrogen and oxygen atoms in total. The Balaban J connectivity index is 2.22. The highest BCUT2D eigenvalue weighted by Crippen LogP contribution is 2.24. The fourth-order valence-corrected chi connectivity index (χ4v) is 1.73. The maximum absolute atomic E-state index is 8.76. The first-order valence-electron chi connectivity index (χ1n) is 4.91. The Bertz CT molecular complexity index is 571. The first kappa shape index (κ1) is 11.8. The number of nitrogens with zero attached hydrogens (tertiary/aromatic N) is 1. The summed E-state index contributed by atoms with van der Waals surface area (Å²) in [6.45, 7) is 0. The molecule has 1 N–H and O–H groups in total. The van der Waals surface area contributed by atoms with E-state index in [2.05, 4.69) is 5.32 Å². The molecule has 0 atom stereocenters. The Morgan fingerprint density at radius 1 is 0.941 bits per heavy atom. The lowest BCUT2D eigenvalue weighted by Crippen LogP contribution is -1.90. The molecule has 0 fully saturated rings. The molecule has 0 saturated heterocycles. The van der Waals surface area contributed by atoms with Crippen molar-refractivity contribution in [2.75, 3.05) is 5.32 Å². The van der Waals surface area contributed by atoms with E-state index in [0.717, 1.165) is 11.4 Å². The van der Waals surface area contributed by atoms with E-state index in [0.29, 0.717) is 15.6 Å². The Kier molecular flexibility index (Phi) is 3.53. The van der Waals surface area contributed by atoms with Crippen LogP contribution in [0.4, 0.5) is 11.4 Å². The van der Waals surface area contributed by atoms with Gasteiger partial charge in [-0.25, -0.2) is 0 Å². The third-order valence-electron chi connectivity index (χ3n) is 2.22. The molecule has 0 saturated carbocycles. The summed E-state index contributed by atoms with van der Waals surface area (Å²) in [6, 6.07) is 14.6. The van der Waals surface area contributed by atoms with Crippen molar-refractivity contribution in [2.24, 2.45) is 0 Å². The van der Waals surface area contributed by atoms with Gasteiger partial charge in [0.25, 0.3) is 0 Å². The number of halogens is 2. The second-order valence-corrected chi connectivity index (χ2v) is 4.28. The van der Waals surface area contributed by atoms with E-state index in [4.69, 9.17) is 28.5 Å². The highest BCUT2D eigenvalue weighted by atomic mass is 35.5. The summed E-state index contributed by atoms with van der Waals surface area (Å²) < 4.78 is 0. The second-order valence-electron chi connectivity index (χ2n) is 3.44. The summed E-state index contributed by atoms with van der Waals surface area (Å²) in [6.07, 6.45) is 0. The summed E-state index contributed by atoms with van der Waals surface area (Å²) >= 11 is 11.7. The van der Waals surface area contributed by atoms with Crippen LogP contribution in [0, 0.1) is 11.3 Å². The monoisotopic (exact) mass is 262 g/mol.